The minimum absolute atomic E-state index is 0.212. The van der Waals surface area contributed by atoms with Gasteiger partial charge >= 0.3 is 0 Å². The highest BCUT2D eigenvalue weighted by Crippen LogP contribution is 2.44. The Balaban J connectivity index is 2.43. The van der Waals surface area contributed by atoms with E-state index in [9.17, 15) is 4.39 Å². The van der Waals surface area contributed by atoms with Crippen LogP contribution in [0, 0.1) is 12.7 Å². The quantitative estimate of drug-likeness (QED) is 0.772. The zero-order valence-electron chi connectivity index (χ0n) is 11.0. The van der Waals surface area contributed by atoms with Crippen molar-refractivity contribution in [3.05, 3.63) is 35.5 Å². The van der Waals surface area contributed by atoms with E-state index in [4.69, 9.17) is 0 Å². The van der Waals surface area contributed by atoms with Crippen LogP contribution < -0.4 is 5.32 Å². The Hall–Kier alpha value is -1.84. The number of fused-ring (bicyclic) bond motifs is 3. The number of aryl methyl sites for hydroxylation is 2. The molecule has 1 aliphatic rings. The summed E-state index contributed by atoms with van der Waals surface area (Å²) in [6.45, 7) is 6.03. The molecule has 1 aromatic heterocycles. The molecule has 0 unspecified atom stereocenters. The van der Waals surface area contributed by atoms with Crippen LogP contribution in [0.1, 0.15) is 25.1 Å². The summed E-state index contributed by atoms with van der Waals surface area (Å²) in [5, 5.41) is 3.26. The fourth-order valence-corrected chi connectivity index (χ4v) is 2.66. The van der Waals surface area contributed by atoms with E-state index in [1.165, 1.54) is 6.07 Å². The van der Waals surface area contributed by atoms with E-state index in [1.807, 2.05) is 38.5 Å². The lowest BCUT2D eigenvalue weighted by atomic mass is 9.88. The Bertz CT molecular complexity index is 641. The molecule has 4 heteroatoms. The van der Waals surface area contributed by atoms with Gasteiger partial charge in [-0.1, -0.05) is 6.07 Å². The van der Waals surface area contributed by atoms with Gasteiger partial charge in [0.15, 0.2) is 0 Å². The van der Waals surface area contributed by atoms with Crippen molar-refractivity contribution in [2.75, 3.05) is 5.32 Å². The second kappa shape index (κ2) is 3.34. The monoisotopic (exact) mass is 245 g/mol. The first kappa shape index (κ1) is 11.3. The molecule has 0 radical (unpaired) electrons. The van der Waals surface area contributed by atoms with Gasteiger partial charge in [-0.3, -0.25) is 0 Å². The molecule has 1 N–H and O–H groups in total. The highest BCUT2D eigenvalue weighted by molar-refractivity contribution is 5.84. The average molecular weight is 245 g/mol. The topological polar surface area (TPSA) is 29.9 Å². The molecule has 1 aliphatic heterocycles. The molecule has 0 spiro atoms. The van der Waals surface area contributed by atoms with Gasteiger partial charge in [-0.25, -0.2) is 9.37 Å². The lowest BCUT2D eigenvalue weighted by Crippen LogP contribution is -2.33. The van der Waals surface area contributed by atoms with Crippen LogP contribution in [0.2, 0.25) is 0 Å². The zero-order valence-corrected chi connectivity index (χ0v) is 11.0. The molecule has 0 saturated carbocycles. The van der Waals surface area contributed by atoms with Gasteiger partial charge in [0.05, 0.1) is 28.9 Å². The molecule has 0 atom stereocenters. The Kier molecular flexibility index (Phi) is 2.09. The summed E-state index contributed by atoms with van der Waals surface area (Å²) in [6, 6.07) is 3.32. The molecule has 3 rings (SSSR count). The van der Waals surface area contributed by atoms with E-state index >= 15 is 0 Å². The summed E-state index contributed by atoms with van der Waals surface area (Å²) in [6.07, 6.45) is 1.79. The standard InChI is InChI=1S/C14H16FN3/c1-8-5-6-9(15)11-10(8)12-13(14(2,3)17-11)16-7-18(12)4/h5-7,17H,1-4H3. The number of aromatic nitrogens is 2. The van der Waals surface area contributed by atoms with Crippen LogP contribution in [0.3, 0.4) is 0 Å². The fraction of sp³-hybridized carbons (Fsp3) is 0.357. The summed E-state index contributed by atoms with van der Waals surface area (Å²) in [5.74, 6) is -0.212. The van der Waals surface area contributed by atoms with Gasteiger partial charge in [-0.15, -0.1) is 0 Å². The number of hydrogen-bond donors (Lipinski definition) is 1. The van der Waals surface area contributed by atoms with Gasteiger partial charge in [-0.05, 0) is 32.4 Å². The lowest BCUT2D eigenvalue weighted by Gasteiger charge is -2.34. The third-order valence-corrected chi connectivity index (χ3v) is 3.57. The van der Waals surface area contributed by atoms with Crippen LogP contribution >= 0.6 is 0 Å². The minimum Gasteiger partial charge on any atom is -0.372 e. The molecule has 2 heterocycles. The van der Waals surface area contributed by atoms with Gasteiger partial charge < -0.3 is 9.88 Å². The van der Waals surface area contributed by atoms with Crippen molar-refractivity contribution in [1.29, 1.82) is 0 Å². The van der Waals surface area contributed by atoms with Crippen molar-refractivity contribution in [3.63, 3.8) is 0 Å². The number of anilines is 1. The van der Waals surface area contributed by atoms with E-state index in [0.29, 0.717) is 5.69 Å². The molecule has 1 aromatic carbocycles. The van der Waals surface area contributed by atoms with Crippen LogP contribution in [0.5, 0.6) is 0 Å². The molecule has 0 aliphatic carbocycles. The second-order valence-corrected chi connectivity index (χ2v) is 5.42. The van der Waals surface area contributed by atoms with E-state index in [2.05, 4.69) is 10.3 Å². The predicted molar refractivity (Wildman–Crippen MR) is 70.0 cm³/mol. The van der Waals surface area contributed by atoms with E-state index in [1.54, 1.807) is 6.33 Å². The number of hydrogen-bond acceptors (Lipinski definition) is 2. The Morgan fingerprint density at radius 3 is 2.78 bits per heavy atom. The van der Waals surface area contributed by atoms with Crippen LogP contribution in [-0.2, 0) is 12.6 Å². The maximum atomic E-state index is 14.0. The van der Waals surface area contributed by atoms with Crippen molar-refractivity contribution in [1.82, 2.24) is 9.55 Å². The average Bonchev–Trinajstić information content (AvgIpc) is 2.67. The molecule has 0 bridgehead atoms. The molecular weight excluding hydrogens is 229 g/mol. The normalized spacial score (nSPS) is 15.8. The number of nitrogens with one attached hydrogen (secondary N) is 1. The fourth-order valence-electron chi connectivity index (χ4n) is 2.66. The molecular formula is C14H16FN3. The van der Waals surface area contributed by atoms with E-state index in [-0.39, 0.29) is 11.4 Å². The Labute approximate surface area is 106 Å². The van der Waals surface area contributed by atoms with Crippen LogP contribution in [-0.4, -0.2) is 9.55 Å². The molecule has 0 fully saturated rings. The first-order chi connectivity index (χ1) is 8.42. The SMILES string of the molecule is Cc1ccc(F)c2c1-c1c(ncn1C)C(C)(C)N2. The number of nitrogens with zero attached hydrogens (tertiary/aromatic N) is 2. The summed E-state index contributed by atoms with van der Waals surface area (Å²) in [4.78, 5) is 4.46. The van der Waals surface area contributed by atoms with Crippen LogP contribution in [0.25, 0.3) is 11.3 Å². The highest BCUT2D eigenvalue weighted by atomic mass is 19.1. The molecule has 94 valence electrons. The molecule has 0 amide bonds. The second-order valence-electron chi connectivity index (χ2n) is 5.42. The van der Waals surface area contributed by atoms with Crippen molar-refractivity contribution in [3.8, 4) is 11.3 Å². The molecule has 0 saturated heterocycles. The molecule has 2 aromatic rings. The van der Waals surface area contributed by atoms with Gasteiger partial charge in [0.1, 0.15) is 5.82 Å². The van der Waals surface area contributed by atoms with Crippen LogP contribution in [0.15, 0.2) is 18.5 Å². The Morgan fingerprint density at radius 1 is 1.33 bits per heavy atom. The smallest absolute Gasteiger partial charge is 0.147 e. The van der Waals surface area contributed by atoms with Crippen molar-refractivity contribution >= 4 is 5.69 Å². The highest BCUT2D eigenvalue weighted by Gasteiger charge is 2.35. The summed E-state index contributed by atoms with van der Waals surface area (Å²) in [5.41, 5.74) is 4.16. The number of benzene rings is 1. The van der Waals surface area contributed by atoms with Crippen molar-refractivity contribution in [2.45, 2.75) is 26.3 Å². The lowest BCUT2D eigenvalue weighted by molar-refractivity contribution is 0.566. The summed E-state index contributed by atoms with van der Waals surface area (Å²) in [7, 11) is 1.95. The summed E-state index contributed by atoms with van der Waals surface area (Å²) < 4.78 is 16.0. The molecule has 3 nitrogen and oxygen atoms in total. The maximum absolute atomic E-state index is 14.0. The van der Waals surface area contributed by atoms with E-state index in [0.717, 1.165) is 22.5 Å². The minimum atomic E-state index is -0.363. The molecule has 18 heavy (non-hydrogen) atoms. The number of imidazole rings is 1. The predicted octanol–water partition coefficient (Wildman–Crippen LogP) is 3.20. The van der Waals surface area contributed by atoms with Gasteiger partial charge in [0.2, 0.25) is 0 Å². The Morgan fingerprint density at radius 2 is 2.06 bits per heavy atom. The van der Waals surface area contributed by atoms with Crippen LogP contribution in [0.4, 0.5) is 10.1 Å². The largest absolute Gasteiger partial charge is 0.372 e. The first-order valence-electron chi connectivity index (χ1n) is 6.01. The number of halogens is 1. The van der Waals surface area contributed by atoms with Gasteiger partial charge in [0, 0.05) is 12.6 Å². The van der Waals surface area contributed by atoms with E-state index < -0.39 is 0 Å². The number of rotatable bonds is 0. The first-order valence-corrected chi connectivity index (χ1v) is 6.01. The summed E-state index contributed by atoms with van der Waals surface area (Å²) >= 11 is 0. The van der Waals surface area contributed by atoms with Gasteiger partial charge in [0.25, 0.3) is 0 Å². The maximum Gasteiger partial charge on any atom is 0.147 e. The third-order valence-electron chi connectivity index (χ3n) is 3.57. The van der Waals surface area contributed by atoms with Crippen molar-refractivity contribution < 1.29 is 4.39 Å². The van der Waals surface area contributed by atoms with Crippen molar-refractivity contribution in [2.24, 2.45) is 7.05 Å². The third kappa shape index (κ3) is 1.32. The van der Waals surface area contributed by atoms with Gasteiger partial charge in [-0.2, -0.15) is 0 Å². The zero-order chi connectivity index (χ0) is 13.1.